The second kappa shape index (κ2) is 74.7. The summed E-state index contributed by atoms with van der Waals surface area (Å²) in [6.45, 7) is 4.67. The van der Waals surface area contributed by atoms with Crippen LogP contribution >= 0.6 is 15.6 Å². The van der Waals surface area contributed by atoms with Crippen molar-refractivity contribution in [1.29, 1.82) is 0 Å². The first-order valence-electron chi connectivity index (χ1n) is 39.8. The number of phosphoric acid groups is 2. The van der Waals surface area contributed by atoms with Crippen molar-refractivity contribution in [1.82, 2.24) is 0 Å². The van der Waals surface area contributed by atoms with Crippen molar-refractivity contribution in [3.8, 4) is 0 Å². The Morgan fingerprint density at radius 3 is 0.784 bits per heavy atom. The molecule has 3 N–H and O–H groups in total. The largest absolute Gasteiger partial charge is 0.472 e. The first-order chi connectivity index (χ1) is 49.7. The van der Waals surface area contributed by atoms with Gasteiger partial charge in [-0.3, -0.25) is 37.3 Å². The summed E-state index contributed by atoms with van der Waals surface area (Å²) < 4.78 is 68.4. The van der Waals surface area contributed by atoms with Gasteiger partial charge in [-0.25, -0.2) is 9.13 Å². The maximum Gasteiger partial charge on any atom is 0.472 e. The van der Waals surface area contributed by atoms with Gasteiger partial charge in [0.25, 0.3) is 0 Å². The predicted molar refractivity (Wildman–Crippen MR) is 418 cm³/mol. The monoisotopic (exact) mass is 1470 g/mol. The Hall–Kier alpha value is -4.54. The topological polar surface area (TPSA) is 237 Å². The van der Waals surface area contributed by atoms with E-state index in [9.17, 15) is 43.2 Å². The number of carbonyl (C=O) groups is 4. The highest BCUT2D eigenvalue weighted by Crippen LogP contribution is 2.45. The van der Waals surface area contributed by atoms with Crippen molar-refractivity contribution in [2.75, 3.05) is 39.6 Å². The number of rotatable bonds is 74. The summed E-state index contributed by atoms with van der Waals surface area (Å²) in [4.78, 5) is 72.9. The molecule has 0 aliphatic carbocycles. The molecule has 0 aromatic carbocycles. The smallest absolute Gasteiger partial charge is 0.462 e. The Morgan fingerprint density at radius 2 is 0.490 bits per heavy atom. The van der Waals surface area contributed by atoms with E-state index in [1.165, 1.54) is 109 Å². The van der Waals surface area contributed by atoms with Gasteiger partial charge < -0.3 is 33.8 Å². The average Bonchev–Trinajstić information content (AvgIpc) is 0.966. The predicted octanol–water partition coefficient (Wildman–Crippen LogP) is 23.1. The molecule has 17 nitrogen and oxygen atoms in total. The number of esters is 4. The number of hydrogen-bond donors (Lipinski definition) is 3. The molecule has 19 heteroatoms. The number of ether oxygens (including phenoxy) is 4. The molecule has 0 aliphatic rings. The molecular weight excluding hydrogens is 1330 g/mol. The lowest BCUT2D eigenvalue weighted by Gasteiger charge is -2.21. The zero-order chi connectivity index (χ0) is 74.6. The number of hydrogen-bond acceptors (Lipinski definition) is 15. The van der Waals surface area contributed by atoms with Crippen molar-refractivity contribution < 1.29 is 80.2 Å². The van der Waals surface area contributed by atoms with Gasteiger partial charge in [0.2, 0.25) is 0 Å². The summed E-state index contributed by atoms with van der Waals surface area (Å²) in [5, 5.41) is 10.6. The van der Waals surface area contributed by atoms with Crippen LogP contribution in [0.1, 0.15) is 323 Å². The Bertz CT molecular complexity index is 2410. The minimum atomic E-state index is -5.00. The van der Waals surface area contributed by atoms with E-state index in [0.717, 1.165) is 122 Å². The molecular formula is C83H142O17P2. The highest BCUT2D eigenvalue weighted by molar-refractivity contribution is 7.47. The summed E-state index contributed by atoms with van der Waals surface area (Å²) >= 11 is 0. The molecule has 0 aromatic heterocycles. The van der Waals surface area contributed by atoms with Crippen LogP contribution in [0.25, 0.3) is 0 Å². The molecule has 586 valence electrons. The number of aliphatic hydroxyl groups is 1. The Morgan fingerprint density at radius 1 is 0.275 bits per heavy atom. The van der Waals surface area contributed by atoms with E-state index < -0.39 is 97.5 Å². The summed E-state index contributed by atoms with van der Waals surface area (Å²) in [5.74, 6) is -2.31. The second-order valence-corrected chi connectivity index (χ2v) is 29.2. The van der Waals surface area contributed by atoms with Crippen molar-refractivity contribution in [2.45, 2.75) is 341 Å². The minimum absolute atomic E-state index is 0.0129. The van der Waals surface area contributed by atoms with Crippen LogP contribution in [-0.2, 0) is 65.4 Å². The van der Waals surface area contributed by atoms with Gasteiger partial charge in [-0.15, -0.1) is 0 Å². The van der Waals surface area contributed by atoms with E-state index >= 15 is 0 Å². The molecule has 0 saturated heterocycles. The fourth-order valence-corrected chi connectivity index (χ4v) is 11.9. The van der Waals surface area contributed by atoms with Crippen molar-refractivity contribution in [3.63, 3.8) is 0 Å². The van der Waals surface area contributed by atoms with Crippen LogP contribution in [0.3, 0.4) is 0 Å². The normalized spacial score (nSPS) is 14.5. The van der Waals surface area contributed by atoms with Gasteiger partial charge in [0.1, 0.15) is 19.3 Å². The molecule has 0 amide bonds. The third-order valence-electron chi connectivity index (χ3n) is 16.4. The lowest BCUT2D eigenvalue weighted by molar-refractivity contribution is -0.161. The Labute approximate surface area is 619 Å². The summed E-state index contributed by atoms with van der Waals surface area (Å²) in [7, 11) is -9.99. The highest BCUT2D eigenvalue weighted by Gasteiger charge is 2.30. The molecule has 0 saturated carbocycles. The van der Waals surface area contributed by atoms with Crippen LogP contribution in [0.15, 0.2) is 122 Å². The van der Waals surface area contributed by atoms with E-state index in [0.29, 0.717) is 38.5 Å². The Kier molecular flexibility index (Phi) is 71.4. The van der Waals surface area contributed by atoms with Crippen LogP contribution in [0.4, 0.5) is 0 Å². The molecule has 5 atom stereocenters. The van der Waals surface area contributed by atoms with Crippen molar-refractivity contribution >= 4 is 39.5 Å². The minimum Gasteiger partial charge on any atom is -0.462 e. The van der Waals surface area contributed by atoms with Gasteiger partial charge >= 0.3 is 39.5 Å². The van der Waals surface area contributed by atoms with E-state index in [1.807, 2.05) is 24.3 Å². The third-order valence-corrected chi connectivity index (χ3v) is 18.3. The number of allylic oxidation sites excluding steroid dienone is 20. The molecule has 2 unspecified atom stereocenters. The van der Waals surface area contributed by atoms with Crippen LogP contribution in [0.2, 0.25) is 0 Å². The molecule has 0 fully saturated rings. The lowest BCUT2D eigenvalue weighted by Crippen LogP contribution is -2.30. The molecule has 0 aromatic rings. The molecule has 0 bridgehead atoms. The third kappa shape index (κ3) is 73.8. The zero-order valence-electron chi connectivity index (χ0n) is 64.0. The van der Waals surface area contributed by atoms with Crippen LogP contribution in [0.5, 0.6) is 0 Å². The SMILES string of the molecule is CCCCC/C=C\C/C=C\C/C=C\C/C=C\CCCC(=O)O[C@H](COC(=O)CCCCCCC/C=C\C/C=C\CCCCC)COP(=O)(O)OC[C@@H](O)COP(=O)(O)OC[C@@H](COC(=O)CCCCCCCCCCCCCCC)OC(=O)CCC/C=C\C/C=C\C/C=C\C/C=C\CCCCC. The van der Waals surface area contributed by atoms with Crippen LogP contribution < -0.4 is 0 Å². The molecule has 102 heavy (non-hydrogen) atoms. The number of phosphoric ester groups is 2. The standard InChI is InChI=1S/C83H142O17P2/c1-5-9-13-17-21-25-29-33-36-38-41-45-49-53-57-61-65-69-82(87)99-78(73-93-80(85)67-63-59-55-51-47-43-32-28-24-20-16-12-8-4)75-97-101(89,90)95-71-77(84)72-96-102(91,92)98-76-79(74-94-81(86)68-64-60-56-52-48-44-40-35-31-27-23-19-15-11-7-3)100-83(88)70-66-62-58-54-50-46-42-39-37-34-30-26-22-18-14-10-6-2/h21-23,25-27,33-37,40-42,45-46,53-54,57-58,77-79,84H,5-20,24,28-32,38-39,43-44,47-52,55-56,59-76H2,1-4H3,(H,89,90)(H,91,92)/b25-21-,26-22-,27-23-,36-33-,37-34-,40-35-,45-41-,46-42-,57-53-,58-54-/t77-,78+,79+/m0/s1. The maximum absolute atomic E-state index is 13.1. The number of unbranched alkanes of at least 4 members (excludes halogenated alkanes) is 28. The first-order valence-corrected chi connectivity index (χ1v) is 42.8. The summed E-state index contributed by atoms with van der Waals surface area (Å²) in [6.07, 6.45) is 81.9. The number of aliphatic hydroxyl groups excluding tert-OH is 1. The first kappa shape index (κ1) is 97.5. The van der Waals surface area contributed by atoms with Gasteiger partial charge in [-0.2, -0.15) is 0 Å². The molecule has 0 aliphatic heterocycles. The van der Waals surface area contributed by atoms with Gasteiger partial charge in [0, 0.05) is 25.7 Å². The second-order valence-electron chi connectivity index (χ2n) is 26.3. The van der Waals surface area contributed by atoms with Crippen molar-refractivity contribution in [3.05, 3.63) is 122 Å². The van der Waals surface area contributed by atoms with E-state index in [4.69, 9.17) is 37.0 Å². The van der Waals surface area contributed by atoms with Crippen molar-refractivity contribution in [2.24, 2.45) is 0 Å². The van der Waals surface area contributed by atoms with Gasteiger partial charge in [-0.1, -0.05) is 284 Å². The average molecular weight is 1470 g/mol. The zero-order valence-corrected chi connectivity index (χ0v) is 65.8. The number of carbonyl (C=O) groups excluding carboxylic acids is 4. The summed E-state index contributed by atoms with van der Waals surface area (Å²) in [6, 6.07) is 0. The van der Waals surface area contributed by atoms with Gasteiger partial charge in [-0.05, 0) is 135 Å². The molecule has 0 radical (unpaired) electrons. The van der Waals surface area contributed by atoms with E-state index in [1.54, 1.807) is 0 Å². The molecule has 0 spiro atoms. The highest BCUT2D eigenvalue weighted by atomic mass is 31.2. The fraction of sp³-hybridized carbons (Fsp3) is 0.711. The quantitative estimate of drug-likeness (QED) is 0.0169. The van der Waals surface area contributed by atoms with E-state index in [-0.39, 0.29) is 25.7 Å². The summed E-state index contributed by atoms with van der Waals surface area (Å²) in [5.41, 5.74) is 0. The lowest BCUT2D eigenvalue weighted by atomic mass is 10.0. The van der Waals surface area contributed by atoms with Crippen LogP contribution in [-0.4, -0.2) is 96.7 Å². The Balaban J connectivity index is 5.47. The molecule has 0 rings (SSSR count). The maximum atomic E-state index is 13.1. The van der Waals surface area contributed by atoms with E-state index in [2.05, 4.69) is 125 Å². The van der Waals surface area contributed by atoms with Gasteiger partial charge in [0.15, 0.2) is 12.2 Å². The molecule has 0 heterocycles. The van der Waals surface area contributed by atoms with Gasteiger partial charge in [0.05, 0.1) is 26.4 Å². The van der Waals surface area contributed by atoms with Crippen LogP contribution in [0, 0.1) is 0 Å². The fourth-order valence-electron chi connectivity index (χ4n) is 10.3.